The molecule has 0 bridgehead atoms. The van der Waals surface area contributed by atoms with Crippen LogP contribution in [0.25, 0.3) is 0 Å². The SMILES string of the molecule is CCN1CCN(c2ccc(CNC(=O)N3CCOCC3)cn2)CC1. The van der Waals surface area contributed by atoms with Crippen LogP contribution in [0.1, 0.15) is 12.5 Å². The molecule has 7 heteroatoms. The topological polar surface area (TPSA) is 60.9 Å². The lowest BCUT2D eigenvalue weighted by Gasteiger charge is -2.34. The maximum atomic E-state index is 12.1. The van der Waals surface area contributed by atoms with Gasteiger partial charge in [0, 0.05) is 52.0 Å². The molecule has 0 atom stereocenters. The zero-order valence-corrected chi connectivity index (χ0v) is 14.4. The van der Waals surface area contributed by atoms with Gasteiger partial charge in [-0.25, -0.2) is 9.78 Å². The quantitative estimate of drug-likeness (QED) is 0.882. The molecule has 2 saturated heterocycles. The third-order valence-electron chi connectivity index (χ3n) is 4.69. The van der Waals surface area contributed by atoms with Gasteiger partial charge >= 0.3 is 6.03 Å². The third-order valence-corrected chi connectivity index (χ3v) is 4.69. The summed E-state index contributed by atoms with van der Waals surface area (Å²) in [6, 6.07) is 4.07. The van der Waals surface area contributed by atoms with Gasteiger partial charge in [-0.2, -0.15) is 0 Å². The molecule has 132 valence electrons. The van der Waals surface area contributed by atoms with Gasteiger partial charge < -0.3 is 24.8 Å². The predicted octanol–water partition coefficient (Wildman–Crippen LogP) is 0.765. The fourth-order valence-electron chi connectivity index (χ4n) is 3.06. The minimum Gasteiger partial charge on any atom is -0.378 e. The number of nitrogens with zero attached hydrogens (tertiary/aromatic N) is 4. The van der Waals surface area contributed by atoms with Crippen LogP contribution in [0.2, 0.25) is 0 Å². The van der Waals surface area contributed by atoms with Crippen molar-refractivity contribution < 1.29 is 9.53 Å². The molecule has 0 radical (unpaired) electrons. The van der Waals surface area contributed by atoms with Crippen molar-refractivity contribution in [3.63, 3.8) is 0 Å². The molecule has 1 aromatic rings. The molecule has 3 rings (SSSR count). The van der Waals surface area contributed by atoms with E-state index in [2.05, 4.69) is 33.1 Å². The number of hydrogen-bond donors (Lipinski definition) is 1. The van der Waals surface area contributed by atoms with E-state index in [0.717, 1.165) is 44.1 Å². The van der Waals surface area contributed by atoms with E-state index in [1.807, 2.05) is 12.3 Å². The van der Waals surface area contributed by atoms with Crippen LogP contribution in [0, 0.1) is 0 Å². The van der Waals surface area contributed by atoms with E-state index in [0.29, 0.717) is 32.8 Å². The first kappa shape index (κ1) is 17.0. The van der Waals surface area contributed by atoms with Crippen molar-refractivity contribution in [3.05, 3.63) is 23.9 Å². The summed E-state index contributed by atoms with van der Waals surface area (Å²) in [5.74, 6) is 1.02. The highest BCUT2D eigenvalue weighted by molar-refractivity contribution is 5.74. The van der Waals surface area contributed by atoms with Gasteiger partial charge in [0.1, 0.15) is 5.82 Å². The second kappa shape index (κ2) is 8.30. The van der Waals surface area contributed by atoms with Crippen molar-refractivity contribution in [2.24, 2.45) is 0 Å². The van der Waals surface area contributed by atoms with Gasteiger partial charge in [-0.3, -0.25) is 0 Å². The number of amides is 2. The molecule has 2 amide bonds. The Morgan fingerprint density at radius 3 is 2.54 bits per heavy atom. The number of nitrogens with one attached hydrogen (secondary N) is 1. The van der Waals surface area contributed by atoms with Crippen LogP contribution in [0.3, 0.4) is 0 Å². The van der Waals surface area contributed by atoms with Gasteiger partial charge in [0.2, 0.25) is 0 Å². The first-order valence-corrected chi connectivity index (χ1v) is 8.79. The number of ether oxygens (including phenoxy) is 1. The lowest BCUT2D eigenvalue weighted by molar-refractivity contribution is 0.0531. The van der Waals surface area contributed by atoms with E-state index in [1.54, 1.807) is 4.90 Å². The molecule has 24 heavy (non-hydrogen) atoms. The largest absolute Gasteiger partial charge is 0.378 e. The van der Waals surface area contributed by atoms with Gasteiger partial charge in [0.15, 0.2) is 0 Å². The summed E-state index contributed by atoms with van der Waals surface area (Å²) in [7, 11) is 0. The Balaban J connectivity index is 1.47. The van der Waals surface area contributed by atoms with Gasteiger partial charge in [0.25, 0.3) is 0 Å². The van der Waals surface area contributed by atoms with Crippen molar-refractivity contribution in [1.29, 1.82) is 0 Å². The number of piperazine rings is 1. The van der Waals surface area contributed by atoms with Gasteiger partial charge in [-0.1, -0.05) is 13.0 Å². The molecule has 0 saturated carbocycles. The molecule has 0 aliphatic carbocycles. The van der Waals surface area contributed by atoms with Crippen molar-refractivity contribution in [2.75, 3.05) is 63.9 Å². The summed E-state index contributed by atoms with van der Waals surface area (Å²) in [6.07, 6.45) is 1.86. The third kappa shape index (κ3) is 4.36. The molecule has 3 heterocycles. The number of rotatable bonds is 4. The minimum absolute atomic E-state index is 0.0296. The zero-order valence-electron chi connectivity index (χ0n) is 14.4. The molecule has 0 aromatic carbocycles. The Hall–Kier alpha value is -1.86. The average molecular weight is 333 g/mol. The first-order valence-electron chi connectivity index (χ1n) is 8.79. The average Bonchev–Trinajstić information content (AvgIpc) is 2.67. The Kier molecular flexibility index (Phi) is 5.87. The fourth-order valence-corrected chi connectivity index (χ4v) is 3.06. The second-order valence-corrected chi connectivity index (χ2v) is 6.20. The number of pyridine rings is 1. The number of carbonyl (C=O) groups is 1. The molecular weight excluding hydrogens is 306 g/mol. The number of urea groups is 1. The minimum atomic E-state index is -0.0296. The highest BCUT2D eigenvalue weighted by Crippen LogP contribution is 2.14. The lowest BCUT2D eigenvalue weighted by Crippen LogP contribution is -2.46. The Morgan fingerprint density at radius 2 is 1.92 bits per heavy atom. The Labute approximate surface area is 143 Å². The van der Waals surface area contributed by atoms with Crippen molar-refractivity contribution >= 4 is 11.8 Å². The summed E-state index contributed by atoms with van der Waals surface area (Å²) >= 11 is 0. The van der Waals surface area contributed by atoms with Crippen LogP contribution < -0.4 is 10.2 Å². The van der Waals surface area contributed by atoms with E-state index < -0.39 is 0 Å². The number of aromatic nitrogens is 1. The van der Waals surface area contributed by atoms with Crippen LogP contribution in [-0.2, 0) is 11.3 Å². The van der Waals surface area contributed by atoms with Crippen molar-refractivity contribution in [2.45, 2.75) is 13.5 Å². The normalized spacial score (nSPS) is 19.4. The van der Waals surface area contributed by atoms with Gasteiger partial charge in [-0.15, -0.1) is 0 Å². The van der Waals surface area contributed by atoms with E-state index in [4.69, 9.17) is 4.74 Å². The van der Waals surface area contributed by atoms with Crippen molar-refractivity contribution in [1.82, 2.24) is 20.1 Å². The van der Waals surface area contributed by atoms with Crippen molar-refractivity contribution in [3.8, 4) is 0 Å². The van der Waals surface area contributed by atoms with Crippen LogP contribution in [0.5, 0.6) is 0 Å². The summed E-state index contributed by atoms with van der Waals surface area (Å²) in [5.41, 5.74) is 1.02. The molecule has 0 spiro atoms. The van der Waals surface area contributed by atoms with Gasteiger partial charge in [-0.05, 0) is 18.2 Å². The zero-order chi connectivity index (χ0) is 16.8. The maximum absolute atomic E-state index is 12.1. The number of likely N-dealkylation sites (N-methyl/N-ethyl adjacent to an activating group) is 1. The van der Waals surface area contributed by atoms with Crippen LogP contribution in [-0.4, -0.2) is 79.8 Å². The lowest BCUT2D eigenvalue weighted by atomic mass is 10.2. The maximum Gasteiger partial charge on any atom is 0.317 e. The van der Waals surface area contributed by atoms with Gasteiger partial charge in [0.05, 0.1) is 13.2 Å². The molecular formula is C17H27N5O2. The van der Waals surface area contributed by atoms with E-state index in [9.17, 15) is 4.79 Å². The molecule has 7 nitrogen and oxygen atoms in total. The predicted molar refractivity (Wildman–Crippen MR) is 93.2 cm³/mol. The molecule has 0 unspecified atom stereocenters. The molecule has 1 aromatic heterocycles. The van der Waals surface area contributed by atoms with E-state index >= 15 is 0 Å². The number of hydrogen-bond acceptors (Lipinski definition) is 5. The highest BCUT2D eigenvalue weighted by Gasteiger charge is 2.17. The van der Waals surface area contributed by atoms with Crippen LogP contribution in [0.15, 0.2) is 18.3 Å². The second-order valence-electron chi connectivity index (χ2n) is 6.20. The summed E-state index contributed by atoms with van der Waals surface area (Å²) < 4.78 is 5.26. The Bertz CT molecular complexity index is 522. The van der Waals surface area contributed by atoms with E-state index in [1.165, 1.54) is 0 Å². The highest BCUT2D eigenvalue weighted by atomic mass is 16.5. The standard InChI is InChI=1S/C17H27N5O2/c1-2-20-5-7-21(8-6-20)16-4-3-15(13-18-16)14-19-17(23)22-9-11-24-12-10-22/h3-4,13H,2,5-12,14H2,1H3,(H,19,23). The number of carbonyl (C=O) groups excluding carboxylic acids is 1. The Morgan fingerprint density at radius 1 is 1.17 bits per heavy atom. The summed E-state index contributed by atoms with van der Waals surface area (Å²) in [4.78, 5) is 23.2. The molecule has 2 aliphatic heterocycles. The molecule has 2 aliphatic rings. The number of morpholine rings is 1. The molecule has 2 fully saturated rings. The summed E-state index contributed by atoms with van der Waals surface area (Å²) in [5, 5.41) is 2.95. The van der Waals surface area contributed by atoms with Crippen LogP contribution >= 0.6 is 0 Å². The van der Waals surface area contributed by atoms with Crippen LogP contribution in [0.4, 0.5) is 10.6 Å². The van der Waals surface area contributed by atoms with E-state index in [-0.39, 0.29) is 6.03 Å². The fraction of sp³-hybridized carbons (Fsp3) is 0.647. The first-order chi connectivity index (χ1) is 11.8. The smallest absolute Gasteiger partial charge is 0.317 e. The molecule has 1 N–H and O–H groups in total. The number of anilines is 1. The monoisotopic (exact) mass is 333 g/mol. The summed E-state index contributed by atoms with van der Waals surface area (Å²) in [6.45, 7) is 10.6.